The molecule has 0 unspecified atom stereocenters. The van der Waals surface area contributed by atoms with Gasteiger partial charge in [0.25, 0.3) is 5.79 Å². The highest BCUT2D eigenvalue weighted by atomic mass is 16.7. The summed E-state index contributed by atoms with van der Waals surface area (Å²) in [6, 6.07) is 5.48. The molecule has 1 aromatic carbocycles. The molecule has 1 aliphatic carbocycles. The SMILES string of the molecule is O=C(CN1CCCCCCC1=O)Nc1ccc2c(c1)OC1(CCCC1)O2. The van der Waals surface area contributed by atoms with Gasteiger partial charge in [0.15, 0.2) is 11.5 Å². The molecular weight excluding hydrogens is 332 g/mol. The molecule has 2 aliphatic heterocycles. The summed E-state index contributed by atoms with van der Waals surface area (Å²) in [7, 11) is 0. The average molecular weight is 358 g/mol. The van der Waals surface area contributed by atoms with Crippen LogP contribution in [0, 0.1) is 0 Å². The molecule has 2 heterocycles. The first-order valence-electron chi connectivity index (χ1n) is 9.73. The van der Waals surface area contributed by atoms with E-state index in [1.54, 1.807) is 4.90 Å². The molecule has 140 valence electrons. The molecule has 0 atom stereocenters. The van der Waals surface area contributed by atoms with Crippen LogP contribution in [0.1, 0.15) is 57.8 Å². The van der Waals surface area contributed by atoms with Crippen molar-refractivity contribution in [2.75, 3.05) is 18.4 Å². The molecule has 1 N–H and O–H groups in total. The molecule has 0 aromatic heterocycles. The van der Waals surface area contributed by atoms with Gasteiger partial charge in [-0.15, -0.1) is 0 Å². The number of carbonyl (C=O) groups excluding carboxylic acids is 2. The van der Waals surface area contributed by atoms with E-state index in [0.29, 0.717) is 24.4 Å². The topological polar surface area (TPSA) is 67.9 Å². The molecule has 26 heavy (non-hydrogen) atoms. The molecule has 0 bridgehead atoms. The molecule has 1 aromatic rings. The fourth-order valence-corrected chi connectivity index (χ4v) is 4.05. The van der Waals surface area contributed by atoms with E-state index in [9.17, 15) is 9.59 Å². The fraction of sp³-hybridized carbons (Fsp3) is 0.600. The minimum absolute atomic E-state index is 0.0775. The van der Waals surface area contributed by atoms with E-state index in [1.165, 1.54) is 0 Å². The molecule has 2 amide bonds. The highest BCUT2D eigenvalue weighted by molar-refractivity contribution is 5.94. The first-order valence-corrected chi connectivity index (χ1v) is 9.73. The Morgan fingerprint density at radius 2 is 1.81 bits per heavy atom. The lowest BCUT2D eigenvalue weighted by atomic mass is 10.1. The summed E-state index contributed by atoms with van der Waals surface area (Å²) in [5.41, 5.74) is 0.673. The zero-order chi connectivity index (χ0) is 18.0. The van der Waals surface area contributed by atoms with Crippen LogP contribution < -0.4 is 14.8 Å². The van der Waals surface area contributed by atoms with Crippen LogP contribution in [-0.2, 0) is 9.59 Å². The summed E-state index contributed by atoms with van der Waals surface area (Å²) < 4.78 is 12.0. The summed E-state index contributed by atoms with van der Waals surface area (Å²) in [5, 5.41) is 2.89. The molecule has 6 nitrogen and oxygen atoms in total. The Hall–Kier alpha value is -2.24. The largest absolute Gasteiger partial charge is 0.448 e. The number of fused-ring (bicyclic) bond motifs is 1. The van der Waals surface area contributed by atoms with Gasteiger partial charge in [-0.25, -0.2) is 0 Å². The van der Waals surface area contributed by atoms with Crippen molar-refractivity contribution in [1.82, 2.24) is 4.90 Å². The van der Waals surface area contributed by atoms with E-state index < -0.39 is 5.79 Å². The standard InChI is InChI=1S/C20H26N2O4/c23-18(14-22-12-6-2-1-3-7-19(22)24)21-15-8-9-16-17(13-15)26-20(25-16)10-4-5-11-20/h8-9,13H,1-7,10-12,14H2,(H,21,23). The van der Waals surface area contributed by atoms with Gasteiger partial charge in [0.2, 0.25) is 11.8 Å². The summed E-state index contributed by atoms with van der Waals surface area (Å²) in [5.74, 6) is 0.833. The van der Waals surface area contributed by atoms with Crippen molar-refractivity contribution in [3.05, 3.63) is 18.2 Å². The Balaban J connectivity index is 1.37. The van der Waals surface area contributed by atoms with E-state index in [2.05, 4.69) is 5.32 Å². The number of rotatable bonds is 3. The third-order valence-electron chi connectivity index (χ3n) is 5.44. The number of anilines is 1. The lowest BCUT2D eigenvalue weighted by Gasteiger charge is -2.24. The van der Waals surface area contributed by atoms with Crippen LogP contribution in [0.25, 0.3) is 0 Å². The normalized spacial score (nSPS) is 21.5. The second-order valence-corrected chi connectivity index (χ2v) is 7.51. The third kappa shape index (κ3) is 3.64. The lowest BCUT2D eigenvalue weighted by molar-refractivity contribution is -0.135. The predicted octanol–water partition coefficient (Wildman–Crippen LogP) is 3.46. The van der Waals surface area contributed by atoms with Gasteiger partial charge in [0, 0.05) is 37.6 Å². The van der Waals surface area contributed by atoms with E-state index in [1.807, 2.05) is 18.2 Å². The Morgan fingerprint density at radius 1 is 1.04 bits per heavy atom. The van der Waals surface area contributed by atoms with Gasteiger partial charge in [0.1, 0.15) is 0 Å². The minimum Gasteiger partial charge on any atom is -0.448 e. The number of carbonyl (C=O) groups is 2. The van der Waals surface area contributed by atoms with Crippen molar-refractivity contribution in [2.45, 2.75) is 63.6 Å². The van der Waals surface area contributed by atoms with Gasteiger partial charge < -0.3 is 19.7 Å². The number of amides is 2. The van der Waals surface area contributed by atoms with Crippen LogP contribution >= 0.6 is 0 Å². The van der Waals surface area contributed by atoms with Crippen LogP contribution in [-0.4, -0.2) is 35.6 Å². The van der Waals surface area contributed by atoms with E-state index in [4.69, 9.17) is 9.47 Å². The maximum atomic E-state index is 12.4. The second kappa shape index (κ2) is 7.17. The van der Waals surface area contributed by atoms with Gasteiger partial charge in [-0.1, -0.05) is 12.8 Å². The Labute approximate surface area is 153 Å². The molecule has 1 spiro atoms. The first kappa shape index (κ1) is 17.2. The lowest BCUT2D eigenvalue weighted by Crippen LogP contribution is -2.39. The molecule has 1 saturated carbocycles. The summed E-state index contributed by atoms with van der Waals surface area (Å²) in [6.07, 6.45) is 8.68. The summed E-state index contributed by atoms with van der Waals surface area (Å²) in [6.45, 7) is 0.771. The number of ether oxygens (including phenoxy) is 2. The van der Waals surface area contributed by atoms with Crippen molar-refractivity contribution in [3.63, 3.8) is 0 Å². The molecule has 4 rings (SSSR count). The highest BCUT2D eigenvalue weighted by Crippen LogP contribution is 2.47. The van der Waals surface area contributed by atoms with Crippen LogP contribution in [0.5, 0.6) is 11.5 Å². The molecule has 2 fully saturated rings. The van der Waals surface area contributed by atoms with Gasteiger partial charge in [-0.05, 0) is 37.8 Å². The fourth-order valence-electron chi connectivity index (χ4n) is 4.05. The van der Waals surface area contributed by atoms with Crippen molar-refractivity contribution in [3.8, 4) is 11.5 Å². The van der Waals surface area contributed by atoms with Crippen LogP contribution in [0.2, 0.25) is 0 Å². The van der Waals surface area contributed by atoms with E-state index in [-0.39, 0.29) is 18.4 Å². The minimum atomic E-state index is -0.498. The predicted molar refractivity (Wildman–Crippen MR) is 97.2 cm³/mol. The molecular formula is C20H26N2O4. The number of hydrogen-bond donors (Lipinski definition) is 1. The number of nitrogens with one attached hydrogen (secondary N) is 1. The maximum Gasteiger partial charge on any atom is 0.251 e. The molecule has 0 radical (unpaired) electrons. The summed E-state index contributed by atoms with van der Waals surface area (Å²) in [4.78, 5) is 26.2. The smallest absolute Gasteiger partial charge is 0.251 e. The van der Waals surface area contributed by atoms with Crippen molar-refractivity contribution < 1.29 is 19.1 Å². The van der Waals surface area contributed by atoms with Crippen LogP contribution in [0.15, 0.2) is 18.2 Å². The van der Waals surface area contributed by atoms with Crippen molar-refractivity contribution in [2.24, 2.45) is 0 Å². The number of likely N-dealkylation sites (tertiary alicyclic amines) is 1. The third-order valence-corrected chi connectivity index (χ3v) is 5.44. The molecule has 1 saturated heterocycles. The number of nitrogens with zero attached hydrogens (tertiary/aromatic N) is 1. The zero-order valence-corrected chi connectivity index (χ0v) is 15.1. The van der Waals surface area contributed by atoms with Crippen LogP contribution in [0.3, 0.4) is 0 Å². The monoisotopic (exact) mass is 358 g/mol. The second-order valence-electron chi connectivity index (χ2n) is 7.51. The maximum absolute atomic E-state index is 12.4. The van der Waals surface area contributed by atoms with E-state index in [0.717, 1.165) is 57.1 Å². The number of hydrogen-bond acceptors (Lipinski definition) is 4. The Bertz CT molecular complexity index is 697. The quantitative estimate of drug-likeness (QED) is 0.898. The van der Waals surface area contributed by atoms with Gasteiger partial charge in [0.05, 0.1) is 6.54 Å². The van der Waals surface area contributed by atoms with Gasteiger partial charge >= 0.3 is 0 Å². The van der Waals surface area contributed by atoms with Crippen molar-refractivity contribution >= 4 is 17.5 Å². The summed E-state index contributed by atoms with van der Waals surface area (Å²) >= 11 is 0. The van der Waals surface area contributed by atoms with Crippen LogP contribution in [0.4, 0.5) is 5.69 Å². The zero-order valence-electron chi connectivity index (χ0n) is 15.1. The van der Waals surface area contributed by atoms with E-state index >= 15 is 0 Å². The van der Waals surface area contributed by atoms with Gasteiger partial charge in [-0.2, -0.15) is 0 Å². The highest BCUT2D eigenvalue weighted by Gasteiger charge is 2.44. The molecule has 3 aliphatic rings. The first-order chi connectivity index (χ1) is 12.6. The molecule has 6 heteroatoms. The Morgan fingerprint density at radius 3 is 2.65 bits per heavy atom. The average Bonchev–Trinajstić information content (AvgIpc) is 3.20. The van der Waals surface area contributed by atoms with Gasteiger partial charge in [-0.3, -0.25) is 9.59 Å². The number of benzene rings is 1. The Kier molecular flexibility index (Phi) is 4.74. The van der Waals surface area contributed by atoms with Crippen molar-refractivity contribution in [1.29, 1.82) is 0 Å².